The van der Waals surface area contributed by atoms with E-state index < -0.39 is 21.4 Å². The first-order valence-electron chi connectivity index (χ1n) is 7.80. The van der Waals surface area contributed by atoms with E-state index in [9.17, 15) is 18.0 Å². The highest BCUT2D eigenvalue weighted by atomic mass is 32.2. The number of hydrogen-bond acceptors (Lipinski definition) is 5. The lowest BCUT2D eigenvalue weighted by molar-refractivity contribution is 0.460. The molecule has 0 aliphatic heterocycles. The normalized spacial score (nSPS) is 15.4. The van der Waals surface area contributed by atoms with Crippen LogP contribution in [0.2, 0.25) is 0 Å². The van der Waals surface area contributed by atoms with E-state index in [2.05, 4.69) is 20.2 Å². The molecule has 0 atom stereocenters. The summed E-state index contributed by atoms with van der Waals surface area (Å²) < 4.78 is 31.7. The number of sulfonamides is 1. The van der Waals surface area contributed by atoms with Gasteiger partial charge in [0.05, 0.1) is 15.8 Å². The van der Waals surface area contributed by atoms with Gasteiger partial charge in [-0.1, -0.05) is 11.6 Å². The monoisotopic (exact) mass is 350 g/mol. The van der Waals surface area contributed by atoms with Crippen LogP contribution in [0.4, 0.5) is 0 Å². The third-order valence-electron chi connectivity index (χ3n) is 4.07. The zero-order chi connectivity index (χ0) is 17.2. The Hall–Kier alpha value is -2.19. The number of H-pyrrole nitrogens is 1. The fraction of sp³-hybridized carbons (Fsp3) is 0.375. The summed E-state index contributed by atoms with van der Waals surface area (Å²) in [6.45, 7) is 0.312. The molecule has 1 aromatic heterocycles. The minimum absolute atomic E-state index is 0.0208. The quantitative estimate of drug-likeness (QED) is 0.797. The standard InChI is InChI=1S/C16H18N2O5S/c19-15-13-10-12(6-7-14(13)18-16(20)23-15)24(21,22)17-9-8-11-4-2-1-3-5-11/h4,6-7,10,17H,1-3,5,8-9H2,(H,18,20). The highest BCUT2D eigenvalue weighted by Crippen LogP contribution is 2.20. The molecule has 0 fully saturated rings. The molecule has 1 aromatic carbocycles. The Labute approximate surface area is 138 Å². The van der Waals surface area contributed by atoms with Gasteiger partial charge in [-0.2, -0.15) is 0 Å². The maximum atomic E-state index is 12.4. The van der Waals surface area contributed by atoms with Crippen LogP contribution in [0.25, 0.3) is 10.9 Å². The van der Waals surface area contributed by atoms with E-state index in [1.54, 1.807) is 0 Å². The topological polar surface area (TPSA) is 109 Å². The Morgan fingerprint density at radius 1 is 1.21 bits per heavy atom. The largest absolute Gasteiger partial charge is 0.419 e. The summed E-state index contributed by atoms with van der Waals surface area (Å²) in [5.74, 6) is -0.873. The second-order valence-corrected chi connectivity index (χ2v) is 7.53. The van der Waals surface area contributed by atoms with Crippen molar-refractivity contribution >= 4 is 20.9 Å². The van der Waals surface area contributed by atoms with Crippen molar-refractivity contribution in [1.82, 2.24) is 9.71 Å². The molecule has 1 aliphatic rings. The maximum absolute atomic E-state index is 12.4. The SMILES string of the molecule is O=c1[nH]c2ccc(S(=O)(=O)NCCC3=CCCCC3)cc2c(=O)o1. The molecule has 0 spiro atoms. The molecule has 0 unspecified atom stereocenters. The number of allylic oxidation sites excluding steroid dienone is 1. The van der Waals surface area contributed by atoms with Gasteiger partial charge in [-0.05, 0) is 50.3 Å². The molecule has 0 radical (unpaired) electrons. The second-order valence-electron chi connectivity index (χ2n) is 5.77. The Morgan fingerprint density at radius 3 is 2.79 bits per heavy atom. The van der Waals surface area contributed by atoms with Gasteiger partial charge in [0.15, 0.2) is 0 Å². The van der Waals surface area contributed by atoms with Gasteiger partial charge in [-0.3, -0.25) is 4.98 Å². The Bertz CT molecular complexity index is 1000. The molecule has 8 heteroatoms. The van der Waals surface area contributed by atoms with Crippen LogP contribution in [-0.2, 0) is 10.0 Å². The van der Waals surface area contributed by atoms with Gasteiger partial charge in [-0.25, -0.2) is 22.7 Å². The predicted molar refractivity (Wildman–Crippen MR) is 89.5 cm³/mol. The molecule has 128 valence electrons. The van der Waals surface area contributed by atoms with Gasteiger partial charge in [0.2, 0.25) is 10.0 Å². The van der Waals surface area contributed by atoms with Crippen molar-refractivity contribution in [2.45, 2.75) is 37.0 Å². The molecule has 2 N–H and O–H groups in total. The fourth-order valence-corrected chi connectivity index (χ4v) is 3.86. The lowest BCUT2D eigenvalue weighted by Crippen LogP contribution is -2.25. The lowest BCUT2D eigenvalue weighted by atomic mass is 9.97. The number of aromatic nitrogens is 1. The predicted octanol–water partition coefficient (Wildman–Crippen LogP) is 1.65. The van der Waals surface area contributed by atoms with Crippen LogP contribution in [-0.4, -0.2) is 19.9 Å². The van der Waals surface area contributed by atoms with Crippen molar-refractivity contribution in [3.8, 4) is 0 Å². The van der Waals surface area contributed by atoms with E-state index in [1.807, 2.05) is 0 Å². The summed E-state index contributed by atoms with van der Waals surface area (Å²) in [6, 6.07) is 3.94. The van der Waals surface area contributed by atoms with E-state index in [4.69, 9.17) is 0 Å². The highest BCUT2D eigenvalue weighted by Gasteiger charge is 2.16. The molecule has 1 aliphatic carbocycles. The van der Waals surface area contributed by atoms with E-state index in [1.165, 1.54) is 30.2 Å². The Balaban J connectivity index is 1.79. The van der Waals surface area contributed by atoms with Crippen molar-refractivity contribution in [2.24, 2.45) is 0 Å². The van der Waals surface area contributed by atoms with Crippen LogP contribution < -0.4 is 16.1 Å². The van der Waals surface area contributed by atoms with Gasteiger partial charge in [0.25, 0.3) is 0 Å². The highest BCUT2D eigenvalue weighted by molar-refractivity contribution is 7.89. The van der Waals surface area contributed by atoms with E-state index >= 15 is 0 Å². The maximum Gasteiger partial charge on any atom is 0.419 e. The minimum atomic E-state index is -3.73. The van der Waals surface area contributed by atoms with Crippen LogP contribution in [0, 0.1) is 0 Å². The van der Waals surface area contributed by atoms with Crippen LogP contribution in [0.5, 0.6) is 0 Å². The summed E-state index contributed by atoms with van der Waals surface area (Å²) >= 11 is 0. The van der Waals surface area contributed by atoms with Crippen LogP contribution in [0.1, 0.15) is 32.1 Å². The van der Waals surface area contributed by atoms with Gasteiger partial charge >= 0.3 is 11.4 Å². The van der Waals surface area contributed by atoms with Crippen LogP contribution >= 0.6 is 0 Å². The van der Waals surface area contributed by atoms with Crippen molar-refractivity contribution in [2.75, 3.05) is 6.54 Å². The van der Waals surface area contributed by atoms with Crippen molar-refractivity contribution in [3.63, 3.8) is 0 Å². The summed E-state index contributed by atoms with van der Waals surface area (Å²) in [5, 5.41) is 0.0208. The number of fused-ring (bicyclic) bond motifs is 1. The van der Waals surface area contributed by atoms with E-state index in [-0.39, 0.29) is 15.8 Å². The molecule has 3 rings (SSSR count). The molecule has 7 nitrogen and oxygen atoms in total. The first-order valence-corrected chi connectivity index (χ1v) is 9.29. The number of benzene rings is 1. The zero-order valence-corrected chi connectivity index (χ0v) is 13.8. The number of aromatic amines is 1. The first kappa shape index (κ1) is 16.7. The van der Waals surface area contributed by atoms with E-state index in [0.717, 1.165) is 19.3 Å². The number of nitrogens with one attached hydrogen (secondary N) is 2. The van der Waals surface area contributed by atoms with Gasteiger partial charge < -0.3 is 4.42 Å². The third kappa shape index (κ3) is 3.65. The smallest absolute Gasteiger partial charge is 0.372 e. The summed E-state index contributed by atoms with van der Waals surface area (Å²) in [7, 11) is -3.73. The van der Waals surface area contributed by atoms with Gasteiger partial charge in [0.1, 0.15) is 0 Å². The molecule has 0 saturated carbocycles. The molecule has 1 heterocycles. The molecule has 24 heavy (non-hydrogen) atoms. The summed E-state index contributed by atoms with van der Waals surface area (Å²) in [4.78, 5) is 25.1. The van der Waals surface area contributed by atoms with Crippen LogP contribution in [0.15, 0.2) is 48.7 Å². The van der Waals surface area contributed by atoms with Crippen LogP contribution in [0.3, 0.4) is 0 Å². The van der Waals surface area contributed by atoms with Gasteiger partial charge in [-0.15, -0.1) is 0 Å². The van der Waals surface area contributed by atoms with Crippen molar-refractivity contribution in [3.05, 3.63) is 50.8 Å². The Kier molecular flexibility index (Phi) is 4.68. The number of hydrogen-bond donors (Lipinski definition) is 2. The number of rotatable bonds is 5. The van der Waals surface area contributed by atoms with Crippen molar-refractivity contribution < 1.29 is 12.8 Å². The molecular formula is C16H18N2O5S. The average Bonchev–Trinajstić information content (AvgIpc) is 2.55. The summed E-state index contributed by atoms with van der Waals surface area (Å²) in [5.41, 5.74) is 0.654. The van der Waals surface area contributed by atoms with Gasteiger partial charge in [0, 0.05) is 6.54 Å². The molecule has 0 saturated heterocycles. The second kappa shape index (κ2) is 6.74. The average molecular weight is 350 g/mol. The zero-order valence-electron chi connectivity index (χ0n) is 13.0. The molecule has 0 bridgehead atoms. The summed E-state index contributed by atoms with van der Waals surface area (Å²) in [6.07, 6.45) is 7.28. The molecule has 0 amide bonds. The third-order valence-corrected chi connectivity index (χ3v) is 5.53. The lowest BCUT2D eigenvalue weighted by Gasteiger charge is -2.13. The molecular weight excluding hydrogens is 332 g/mol. The fourth-order valence-electron chi connectivity index (χ4n) is 2.80. The van der Waals surface area contributed by atoms with E-state index in [0.29, 0.717) is 13.0 Å². The Morgan fingerprint density at radius 2 is 2.04 bits per heavy atom. The van der Waals surface area contributed by atoms with Crippen molar-refractivity contribution in [1.29, 1.82) is 0 Å². The minimum Gasteiger partial charge on any atom is -0.372 e. The molecule has 2 aromatic rings. The first-order chi connectivity index (χ1) is 11.5.